The Balaban J connectivity index is 1.64. The van der Waals surface area contributed by atoms with Crippen LogP contribution in [0, 0.1) is 10.1 Å². The van der Waals surface area contributed by atoms with Gasteiger partial charge in [0, 0.05) is 42.2 Å². The van der Waals surface area contributed by atoms with E-state index in [1.807, 2.05) is 29.8 Å². The fourth-order valence-electron chi connectivity index (χ4n) is 2.53. The number of hydrogen-bond acceptors (Lipinski definition) is 7. The first-order chi connectivity index (χ1) is 12.7. The minimum absolute atomic E-state index is 0.408. The maximum Gasteiger partial charge on any atom is 0.274 e. The highest BCUT2D eigenvalue weighted by Gasteiger charge is 2.14. The molecule has 26 heavy (non-hydrogen) atoms. The number of nitrogens with one attached hydrogen (secondary N) is 2. The van der Waals surface area contributed by atoms with Gasteiger partial charge in [-0.15, -0.1) is 11.3 Å². The standard InChI is InChI=1S/C17H19N5O2S2/c1-18-15(11-22(23)24)19-7-9-25-12-14-16(13-5-3-2-4-6-13)20-17-21(14)8-10-26-17/h2-6,8,10-11,18-19H,7,9,12H2,1H3/b15-11+. The van der Waals surface area contributed by atoms with E-state index in [4.69, 9.17) is 4.98 Å². The summed E-state index contributed by atoms with van der Waals surface area (Å²) in [6, 6.07) is 10.2. The lowest BCUT2D eigenvalue weighted by Crippen LogP contribution is -2.26. The average molecular weight is 390 g/mol. The highest BCUT2D eigenvalue weighted by molar-refractivity contribution is 7.98. The van der Waals surface area contributed by atoms with Gasteiger partial charge in [0.05, 0.1) is 16.3 Å². The predicted molar refractivity (Wildman–Crippen MR) is 107 cm³/mol. The van der Waals surface area contributed by atoms with Crippen LogP contribution in [-0.4, -0.2) is 33.7 Å². The molecule has 0 aliphatic carbocycles. The minimum Gasteiger partial charge on any atom is -0.370 e. The number of aromatic nitrogens is 2. The molecule has 0 unspecified atom stereocenters. The molecule has 9 heteroatoms. The summed E-state index contributed by atoms with van der Waals surface area (Å²) in [4.78, 5) is 15.8. The topological polar surface area (TPSA) is 84.5 Å². The largest absolute Gasteiger partial charge is 0.370 e. The van der Waals surface area contributed by atoms with Crippen LogP contribution in [0.15, 0.2) is 53.9 Å². The normalized spacial score (nSPS) is 11.7. The molecule has 0 bridgehead atoms. The van der Waals surface area contributed by atoms with Crippen LogP contribution < -0.4 is 10.6 Å². The van der Waals surface area contributed by atoms with Crippen molar-refractivity contribution in [2.24, 2.45) is 0 Å². The molecule has 0 spiro atoms. The Labute approximate surface area is 159 Å². The van der Waals surface area contributed by atoms with Crippen molar-refractivity contribution in [2.75, 3.05) is 19.3 Å². The first-order valence-electron chi connectivity index (χ1n) is 8.03. The molecule has 0 aliphatic heterocycles. The van der Waals surface area contributed by atoms with Crippen LogP contribution in [0.4, 0.5) is 0 Å². The van der Waals surface area contributed by atoms with Crippen LogP contribution in [0.1, 0.15) is 5.69 Å². The smallest absolute Gasteiger partial charge is 0.274 e. The molecule has 0 atom stereocenters. The molecule has 0 radical (unpaired) electrons. The lowest BCUT2D eigenvalue weighted by atomic mass is 10.1. The fraction of sp³-hybridized carbons (Fsp3) is 0.235. The molecule has 3 rings (SSSR count). The van der Waals surface area contributed by atoms with Crippen LogP contribution >= 0.6 is 23.1 Å². The molecule has 0 aliphatic rings. The number of thiazole rings is 1. The van der Waals surface area contributed by atoms with E-state index >= 15 is 0 Å². The summed E-state index contributed by atoms with van der Waals surface area (Å²) < 4.78 is 2.14. The number of benzene rings is 1. The van der Waals surface area contributed by atoms with Gasteiger partial charge in [-0.25, -0.2) is 4.98 Å². The van der Waals surface area contributed by atoms with Gasteiger partial charge in [-0.2, -0.15) is 11.8 Å². The Morgan fingerprint density at radius 3 is 2.96 bits per heavy atom. The van der Waals surface area contributed by atoms with Crippen molar-refractivity contribution < 1.29 is 4.92 Å². The molecule has 0 saturated carbocycles. The second-order valence-electron chi connectivity index (χ2n) is 5.39. The molecule has 2 aromatic heterocycles. The molecular weight excluding hydrogens is 370 g/mol. The van der Waals surface area contributed by atoms with Gasteiger partial charge in [0.15, 0.2) is 10.8 Å². The number of rotatable bonds is 9. The van der Waals surface area contributed by atoms with Crippen LogP contribution in [0.2, 0.25) is 0 Å². The number of thioether (sulfide) groups is 1. The summed E-state index contributed by atoms with van der Waals surface area (Å²) in [5.41, 5.74) is 3.30. The van der Waals surface area contributed by atoms with E-state index in [0.717, 1.165) is 33.9 Å². The third-order valence-electron chi connectivity index (χ3n) is 3.71. The summed E-state index contributed by atoms with van der Waals surface area (Å²) in [6.45, 7) is 0.636. The second kappa shape index (κ2) is 8.72. The van der Waals surface area contributed by atoms with Crippen molar-refractivity contribution in [1.29, 1.82) is 0 Å². The van der Waals surface area contributed by atoms with Crippen molar-refractivity contribution in [1.82, 2.24) is 20.0 Å². The Hall–Kier alpha value is -2.52. The Morgan fingerprint density at radius 1 is 1.42 bits per heavy atom. The SMILES string of the molecule is CN/C(=C\[N+](=O)[O-])NCCSCc1c(-c2ccccc2)nc2sccn12. The van der Waals surface area contributed by atoms with E-state index in [0.29, 0.717) is 12.4 Å². The van der Waals surface area contributed by atoms with E-state index in [-0.39, 0.29) is 0 Å². The van der Waals surface area contributed by atoms with Gasteiger partial charge in [-0.3, -0.25) is 14.5 Å². The number of nitro groups is 1. The fourth-order valence-corrected chi connectivity index (χ4v) is 4.12. The van der Waals surface area contributed by atoms with E-state index in [9.17, 15) is 10.1 Å². The molecule has 0 fully saturated rings. The monoisotopic (exact) mass is 389 g/mol. The number of hydrogen-bond donors (Lipinski definition) is 2. The highest BCUT2D eigenvalue weighted by Crippen LogP contribution is 2.29. The van der Waals surface area contributed by atoms with E-state index in [2.05, 4.69) is 27.2 Å². The molecule has 2 heterocycles. The third kappa shape index (κ3) is 4.36. The number of imidazole rings is 1. The van der Waals surface area contributed by atoms with Crippen LogP contribution in [-0.2, 0) is 5.75 Å². The van der Waals surface area contributed by atoms with Gasteiger partial charge < -0.3 is 10.6 Å². The first kappa shape index (κ1) is 18.3. The Kier molecular flexibility index (Phi) is 6.13. The second-order valence-corrected chi connectivity index (χ2v) is 7.36. The molecule has 0 saturated heterocycles. The van der Waals surface area contributed by atoms with Gasteiger partial charge in [-0.05, 0) is 0 Å². The van der Waals surface area contributed by atoms with Crippen LogP contribution in [0.3, 0.4) is 0 Å². The highest BCUT2D eigenvalue weighted by atomic mass is 32.2. The number of nitrogens with zero attached hydrogens (tertiary/aromatic N) is 3. The average Bonchev–Trinajstić information content (AvgIpc) is 3.23. The zero-order chi connectivity index (χ0) is 18.4. The van der Waals surface area contributed by atoms with Gasteiger partial charge in [-0.1, -0.05) is 30.3 Å². The van der Waals surface area contributed by atoms with Gasteiger partial charge in [0.25, 0.3) is 6.20 Å². The van der Waals surface area contributed by atoms with Gasteiger partial charge in [0.2, 0.25) is 0 Å². The predicted octanol–water partition coefficient (Wildman–Crippen LogP) is 3.18. The van der Waals surface area contributed by atoms with Crippen LogP contribution in [0.25, 0.3) is 16.2 Å². The summed E-state index contributed by atoms with van der Waals surface area (Å²) in [5, 5.41) is 18.4. The Bertz CT molecular complexity index is 904. The van der Waals surface area contributed by atoms with Crippen LogP contribution in [0.5, 0.6) is 0 Å². The maximum absolute atomic E-state index is 10.5. The zero-order valence-corrected chi connectivity index (χ0v) is 15.8. The third-order valence-corrected chi connectivity index (χ3v) is 5.44. The molecule has 2 N–H and O–H groups in total. The Morgan fingerprint density at radius 2 is 2.23 bits per heavy atom. The van der Waals surface area contributed by atoms with Gasteiger partial charge >= 0.3 is 0 Å². The van der Waals surface area contributed by atoms with Crippen molar-refractivity contribution in [3.05, 3.63) is 69.7 Å². The summed E-state index contributed by atoms with van der Waals surface area (Å²) >= 11 is 3.39. The number of fused-ring (bicyclic) bond motifs is 1. The molecule has 7 nitrogen and oxygen atoms in total. The summed E-state index contributed by atoms with van der Waals surface area (Å²) in [6.07, 6.45) is 2.98. The van der Waals surface area contributed by atoms with Crippen molar-refractivity contribution >= 4 is 28.1 Å². The molecule has 136 valence electrons. The van der Waals surface area contributed by atoms with E-state index < -0.39 is 4.92 Å². The minimum atomic E-state index is -0.475. The van der Waals surface area contributed by atoms with Crippen molar-refractivity contribution in [3.8, 4) is 11.3 Å². The van der Waals surface area contributed by atoms with Gasteiger partial charge in [0.1, 0.15) is 0 Å². The van der Waals surface area contributed by atoms with E-state index in [1.165, 1.54) is 5.69 Å². The summed E-state index contributed by atoms with van der Waals surface area (Å²) in [7, 11) is 1.65. The first-order valence-corrected chi connectivity index (χ1v) is 10.1. The van der Waals surface area contributed by atoms with Crippen molar-refractivity contribution in [3.63, 3.8) is 0 Å². The van der Waals surface area contributed by atoms with Crippen molar-refractivity contribution in [2.45, 2.75) is 5.75 Å². The zero-order valence-electron chi connectivity index (χ0n) is 14.2. The maximum atomic E-state index is 10.5. The summed E-state index contributed by atoms with van der Waals surface area (Å²) in [5.74, 6) is 2.05. The molecule has 1 aromatic carbocycles. The van der Waals surface area contributed by atoms with E-state index in [1.54, 1.807) is 30.1 Å². The molecular formula is C17H19N5O2S2. The lowest BCUT2D eigenvalue weighted by Gasteiger charge is -2.08. The quantitative estimate of drug-likeness (QED) is 0.332. The molecule has 0 amide bonds. The molecule has 3 aromatic rings. The lowest BCUT2D eigenvalue weighted by molar-refractivity contribution is -0.404.